The summed E-state index contributed by atoms with van der Waals surface area (Å²) in [6.07, 6.45) is 4.58. The zero-order chi connectivity index (χ0) is 32.4. The summed E-state index contributed by atoms with van der Waals surface area (Å²) >= 11 is 6.09. The van der Waals surface area contributed by atoms with E-state index in [4.69, 9.17) is 21.1 Å². The fourth-order valence-electron chi connectivity index (χ4n) is 8.07. The first-order valence-corrected chi connectivity index (χ1v) is 16.9. The van der Waals surface area contributed by atoms with Crippen LogP contribution in [0.3, 0.4) is 0 Å². The van der Waals surface area contributed by atoms with Crippen LogP contribution < -0.4 is 14.8 Å². The third-order valence-corrected chi connectivity index (χ3v) is 10.9. The van der Waals surface area contributed by atoms with Gasteiger partial charge in [0, 0.05) is 37.2 Å². The van der Waals surface area contributed by atoms with Crippen molar-refractivity contribution in [3.05, 3.63) is 92.5 Å². The summed E-state index contributed by atoms with van der Waals surface area (Å²) in [6, 6.07) is 16.0. The number of aliphatic hydroxyl groups is 2. The molecule has 3 heterocycles. The lowest BCUT2D eigenvalue weighted by molar-refractivity contribution is 0.0351. The molecular weight excluding hydrogens is 602 g/mol. The van der Waals surface area contributed by atoms with E-state index in [2.05, 4.69) is 41.4 Å². The lowest BCUT2D eigenvalue weighted by Crippen LogP contribution is -2.49. The third kappa shape index (κ3) is 6.45. The smallest absolute Gasteiger partial charge is 0.318 e. The van der Waals surface area contributed by atoms with Crippen LogP contribution in [0.25, 0.3) is 0 Å². The van der Waals surface area contributed by atoms with E-state index in [9.17, 15) is 15.0 Å². The number of rotatable bonds is 9. The number of nitrogens with zero attached hydrogens (tertiary/aromatic N) is 2. The van der Waals surface area contributed by atoms with E-state index >= 15 is 0 Å². The minimum Gasteiger partial charge on any atom is -0.493 e. The molecule has 4 atom stereocenters. The van der Waals surface area contributed by atoms with Crippen molar-refractivity contribution in [2.45, 2.75) is 70.9 Å². The average Bonchev–Trinajstić information content (AvgIpc) is 3.09. The molecule has 246 valence electrons. The van der Waals surface area contributed by atoms with Crippen molar-refractivity contribution in [3.8, 4) is 11.5 Å². The molecule has 8 nitrogen and oxygen atoms in total. The van der Waals surface area contributed by atoms with Gasteiger partial charge in [-0.1, -0.05) is 49.2 Å². The molecule has 3 aliphatic rings. The molecule has 46 heavy (non-hydrogen) atoms. The molecule has 0 saturated carbocycles. The van der Waals surface area contributed by atoms with Crippen LogP contribution in [0.4, 0.5) is 4.79 Å². The van der Waals surface area contributed by atoms with E-state index in [1.165, 1.54) is 16.7 Å². The summed E-state index contributed by atoms with van der Waals surface area (Å²) < 4.78 is 11.4. The molecule has 3 aromatic carbocycles. The maximum Gasteiger partial charge on any atom is 0.318 e. The molecule has 2 amide bonds. The normalized spacial score (nSPS) is 22.4. The molecule has 9 heteroatoms. The molecule has 0 radical (unpaired) electrons. The molecule has 1 saturated heterocycles. The highest BCUT2D eigenvalue weighted by Crippen LogP contribution is 2.48. The van der Waals surface area contributed by atoms with Crippen LogP contribution >= 0.6 is 11.6 Å². The van der Waals surface area contributed by atoms with Gasteiger partial charge in [0.15, 0.2) is 11.5 Å². The molecule has 0 bridgehead atoms. The topological polar surface area (TPSA) is 94.5 Å². The number of carbonyl (C=O) groups excluding carboxylic acids is 1. The summed E-state index contributed by atoms with van der Waals surface area (Å²) in [7, 11) is 3.32. The Kier molecular flexibility index (Phi) is 10.1. The number of fused-ring (bicyclic) bond motifs is 4. The first-order chi connectivity index (χ1) is 22.4. The highest BCUT2D eigenvalue weighted by atomic mass is 35.5. The standard InChI is InChI=1S/C37H46ClN3O5/c1-4-24-20-40-11-9-25-13-28(21-42)29(22-43)14-31(25)33(40)15-27(24)16-34-32-18-36(46-3)35(45-2)17-26(32)10-12-41(34)37(44)39-19-23-5-7-30(38)8-6-23/h5-8,13-14,17-18,24,27,33-34,42-43H,4,9-12,15-16,19-22H2,1-3H3,(H,39,44). The number of carbonyl (C=O) groups is 1. The third-order valence-electron chi connectivity index (χ3n) is 10.6. The van der Waals surface area contributed by atoms with E-state index in [0.717, 1.165) is 67.4 Å². The van der Waals surface area contributed by atoms with Crippen molar-refractivity contribution in [2.24, 2.45) is 11.8 Å². The predicted molar refractivity (Wildman–Crippen MR) is 179 cm³/mol. The molecule has 1 fully saturated rings. The zero-order valence-electron chi connectivity index (χ0n) is 27.1. The molecule has 3 N–H and O–H groups in total. The number of aliphatic hydroxyl groups excluding tert-OH is 2. The highest BCUT2D eigenvalue weighted by molar-refractivity contribution is 6.30. The summed E-state index contributed by atoms with van der Waals surface area (Å²) in [5.41, 5.74) is 7.50. The minimum absolute atomic E-state index is 0.0661. The zero-order valence-corrected chi connectivity index (χ0v) is 27.9. The van der Waals surface area contributed by atoms with Crippen LogP contribution in [0.1, 0.15) is 77.2 Å². The second-order valence-electron chi connectivity index (χ2n) is 12.9. The first kappa shape index (κ1) is 32.6. The largest absolute Gasteiger partial charge is 0.493 e. The number of piperidine rings is 1. The number of hydrogen-bond acceptors (Lipinski definition) is 6. The lowest BCUT2D eigenvalue weighted by atomic mass is 9.72. The van der Waals surface area contributed by atoms with Crippen molar-refractivity contribution < 1.29 is 24.5 Å². The minimum atomic E-state index is -0.118. The number of hydrogen-bond donors (Lipinski definition) is 3. The monoisotopic (exact) mass is 647 g/mol. The Bertz CT molecular complexity index is 1550. The fraction of sp³-hybridized carbons (Fsp3) is 0.486. The molecule has 6 rings (SSSR count). The highest BCUT2D eigenvalue weighted by Gasteiger charge is 2.42. The number of benzene rings is 3. The summed E-state index contributed by atoms with van der Waals surface area (Å²) in [5, 5.41) is 23.9. The van der Waals surface area contributed by atoms with Gasteiger partial charge < -0.3 is 29.9 Å². The van der Waals surface area contributed by atoms with Crippen molar-refractivity contribution in [2.75, 3.05) is 33.9 Å². The maximum atomic E-state index is 13.9. The van der Waals surface area contributed by atoms with Gasteiger partial charge >= 0.3 is 6.03 Å². The van der Waals surface area contributed by atoms with Gasteiger partial charge in [-0.25, -0.2) is 4.79 Å². The second-order valence-corrected chi connectivity index (χ2v) is 13.4. The van der Waals surface area contributed by atoms with Gasteiger partial charge in [0.2, 0.25) is 0 Å². The summed E-state index contributed by atoms with van der Waals surface area (Å²) in [6.45, 7) is 5.18. The Labute approximate surface area is 277 Å². The summed E-state index contributed by atoms with van der Waals surface area (Å²) in [5.74, 6) is 2.26. The number of halogens is 1. The predicted octanol–water partition coefficient (Wildman–Crippen LogP) is 6.19. The van der Waals surface area contributed by atoms with Gasteiger partial charge in [0.1, 0.15) is 0 Å². The molecule has 0 aliphatic carbocycles. The molecule has 3 aliphatic heterocycles. The Balaban J connectivity index is 1.32. The van der Waals surface area contributed by atoms with Crippen LogP contribution in [0, 0.1) is 11.8 Å². The second kappa shape index (κ2) is 14.2. The Morgan fingerprint density at radius 2 is 1.59 bits per heavy atom. The van der Waals surface area contributed by atoms with E-state index in [1.807, 2.05) is 29.2 Å². The Morgan fingerprint density at radius 1 is 0.913 bits per heavy atom. The quantitative estimate of drug-likeness (QED) is 0.257. The number of nitrogens with one attached hydrogen (secondary N) is 1. The van der Waals surface area contributed by atoms with Crippen LogP contribution in [-0.2, 0) is 32.6 Å². The number of methoxy groups -OCH3 is 2. The number of urea groups is 1. The molecule has 0 spiro atoms. The van der Waals surface area contributed by atoms with Crippen molar-refractivity contribution in [1.29, 1.82) is 0 Å². The van der Waals surface area contributed by atoms with Crippen molar-refractivity contribution >= 4 is 17.6 Å². The SMILES string of the molecule is CCC1CN2CCc3cc(CO)c(CO)cc3C2CC1CC1c2cc(OC)c(OC)cc2CCN1C(=O)NCc1ccc(Cl)cc1. The maximum absolute atomic E-state index is 13.9. The number of ether oxygens (including phenoxy) is 2. The fourth-order valence-corrected chi connectivity index (χ4v) is 8.19. The van der Waals surface area contributed by atoms with E-state index in [0.29, 0.717) is 41.4 Å². The van der Waals surface area contributed by atoms with Crippen LogP contribution in [0.2, 0.25) is 5.02 Å². The van der Waals surface area contributed by atoms with Gasteiger partial charge in [-0.2, -0.15) is 0 Å². The molecule has 0 aromatic heterocycles. The lowest BCUT2D eigenvalue weighted by Gasteiger charge is -2.49. The van der Waals surface area contributed by atoms with Crippen LogP contribution in [0.5, 0.6) is 11.5 Å². The van der Waals surface area contributed by atoms with E-state index in [-0.39, 0.29) is 31.3 Å². The first-order valence-electron chi connectivity index (χ1n) is 16.5. The van der Waals surface area contributed by atoms with Gasteiger partial charge in [-0.05, 0) is 101 Å². The summed E-state index contributed by atoms with van der Waals surface area (Å²) in [4.78, 5) is 18.6. The Hall–Kier alpha value is -3.30. The molecule has 4 unspecified atom stereocenters. The van der Waals surface area contributed by atoms with Crippen molar-refractivity contribution in [1.82, 2.24) is 15.1 Å². The van der Waals surface area contributed by atoms with Gasteiger partial charge in [0.05, 0.1) is 33.5 Å². The van der Waals surface area contributed by atoms with Gasteiger partial charge in [0.25, 0.3) is 0 Å². The van der Waals surface area contributed by atoms with E-state index < -0.39 is 0 Å². The van der Waals surface area contributed by atoms with Crippen LogP contribution in [-0.4, -0.2) is 59.9 Å². The molecular formula is C37H46ClN3O5. The van der Waals surface area contributed by atoms with Crippen molar-refractivity contribution in [3.63, 3.8) is 0 Å². The molecule has 3 aromatic rings. The average molecular weight is 648 g/mol. The van der Waals surface area contributed by atoms with E-state index in [1.54, 1.807) is 14.2 Å². The van der Waals surface area contributed by atoms with Gasteiger partial charge in [-0.3, -0.25) is 4.90 Å². The van der Waals surface area contributed by atoms with Crippen LogP contribution in [0.15, 0.2) is 48.5 Å². The van der Waals surface area contributed by atoms with Gasteiger partial charge in [-0.15, -0.1) is 0 Å². The number of amides is 2. The Morgan fingerprint density at radius 3 is 2.28 bits per heavy atom.